The molecule has 102 valence electrons. The average Bonchev–Trinajstić information content (AvgIpc) is 2.71. The molecule has 0 radical (unpaired) electrons. The summed E-state index contributed by atoms with van der Waals surface area (Å²) in [5, 5.41) is 8.93. The lowest BCUT2D eigenvalue weighted by atomic mass is 10.3. The number of hydrogen-bond donors (Lipinski definition) is 1. The van der Waals surface area contributed by atoms with Gasteiger partial charge in [-0.3, -0.25) is 4.79 Å². The molecule has 1 atom stereocenters. The first-order valence-corrected chi connectivity index (χ1v) is 5.36. The number of aliphatic hydroxyl groups is 1. The van der Waals surface area contributed by atoms with Gasteiger partial charge in [0.2, 0.25) is 0 Å². The van der Waals surface area contributed by atoms with Crippen LogP contribution in [0.5, 0.6) is 0 Å². The normalized spacial score (nSPS) is 13.4. The number of likely N-dealkylation sites (N-methyl/N-ethyl adjacent to an activating group) is 1. The van der Waals surface area contributed by atoms with E-state index in [-0.39, 0.29) is 12.3 Å². The quantitative estimate of drug-likeness (QED) is 0.895. The Kier molecular flexibility index (Phi) is 4.39. The smallest absolute Gasteiger partial charge is 0.394 e. The maximum Gasteiger partial charge on any atom is 0.406 e. The Labute approximate surface area is 103 Å². The van der Waals surface area contributed by atoms with Crippen molar-refractivity contribution in [2.24, 2.45) is 0 Å². The molecule has 0 aromatic carbocycles. The summed E-state index contributed by atoms with van der Waals surface area (Å²) < 4.78 is 37.8. The highest BCUT2D eigenvalue weighted by atomic mass is 19.4. The molecule has 0 aliphatic heterocycles. The van der Waals surface area contributed by atoms with Crippen molar-refractivity contribution in [1.29, 1.82) is 0 Å². The number of alkyl halides is 3. The summed E-state index contributed by atoms with van der Waals surface area (Å²) in [5.41, 5.74) is -0.0462. The molecule has 1 aromatic rings. The third-order valence-electron chi connectivity index (χ3n) is 2.64. The van der Waals surface area contributed by atoms with Crippen molar-refractivity contribution < 1.29 is 23.1 Å². The molecule has 1 aromatic heterocycles. The molecule has 1 rings (SSSR count). The molecule has 0 spiro atoms. The Bertz CT molecular complexity index is 415. The highest BCUT2D eigenvalue weighted by molar-refractivity contribution is 5.92. The first kappa shape index (κ1) is 14.6. The topological polar surface area (TPSA) is 45.5 Å². The second kappa shape index (κ2) is 5.43. The summed E-state index contributed by atoms with van der Waals surface area (Å²) in [7, 11) is 1.44. The molecule has 7 heteroatoms. The zero-order valence-corrected chi connectivity index (χ0v) is 10.1. The van der Waals surface area contributed by atoms with Gasteiger partial charge in [-0.15, -0.1) is 0 Å². The van der Waals surface area contributed by atoms with E-state index in [1.165, 1.54) is 30.3 Å². The van der Waals surface area contributed by atoms with Gasteiger partial charge in [0, 0.05) is 13.2 Å². The van der Waals surface area contributed by atoms with Crippen LogP contribution in [-0.4, -0.2) is 46.4 Å². The van der Waals surface area contributed by atoms with Gasteiger partial charge in [0.25, 0.3) is 5.91 Å². The summed E-state index contributed by atoms with van der Waals surface area (Å²) >= 11 is 0. The highest BCUT2D eigenvalue weighted by Crippen LogP contribution is 2.19. The van der Waals surface area contributed by atoms with Crippen LogP contribution in [0.25, 0.3) is 0 Å². The Morgan fingerprint density at radius 3 is 2.67 bits per heavy atom. The SMILES string of the molecule is CC(CO)N(C)C(=O)c1cccn1CC(F)(F)F. The molecule has 1 unspecified atom stereocenters. The number of halogens is 3. The number of carbonyl (C=O) groups is 1. The van der Waals surface area contributed by atoms with Crippen molar-refractivity contribution in [3.8, 4) is 0 Å². The van der Waals surface area contributed by atoms with E-state index in [1.807, 2.05) is 0 Å². The van der Waals surface area contributed by atoms with Crippen LogP contribution in [0.3, 0.4) is 0 Å². The number of carbonyl (C=O) groups excluding carboxylic acids is 1. The zero-order chi connectivity index (χ0) is 13.9. The third kappa shape index (κ3) is 3.49. The summed E-state index contributed by atoms with van der Waals surface area (Å²) in [6.45, 7) is 0.152. The fourth-order valence-corrected chi connectivity index (χ4v) is 1.44. The van der Waals surface area contributed by atoms with E-state index in [0.29, 0.717) is 0 Å². The van der Waals surface area contributed by atoms with Crippen molar-refractivity contribution in [1.82, 2.24) is 9.47 Å². The number of amides is 1. The predicted octanol–water partition coefficient (Wildman–Crippen LogP) is 1.50. The van der Waals surface area contributed by atoms with Gasteiger partial charge >= 0.3 is 6.18 Å². The second-order valence-corrected chi connectivity index (χ2v) is 4.08. The molecule has 4 nitrogen and oxygen atoms in total. The molecule has 0 bridgehead atoms. The molecule has 0 saturated heterocycles. The predicted molar refractivity (Wildman–Crippen MR) is 59.1 cm³/mol. The summed E-state index contributed by atoms with van der Waals surface area (Å²) in [6, 6.07) is 2.26. The van der Waals surface area contributed by atoms with Gasteiger partial charge in [-0.2, -0.15) is 13.2 Å². The molecule has 0 aliphatic rings. The zero-order valence-electron chi connectivity index (χ0n) is 10.1. The van der Waals surface area contributed by atoms with E-state index in [9.17, 15) is 18.0 Å². The fourth-order valence-electron chi connectivity index (χ4n) is 1.44. The van der Waals surface area contributed by atoms with Crippen molar-refractivity contribution in [3.63, 3.8) is 0 Å². The first-order valence-electron chi connectivity index (χ1n) is 5.36. The maximum absolute atomic E-state index is 12.3. The second-order valence-electron chi connectivity index (χ2n) is 4.08. The number of aliphatic hydroxyl groups excluding tert-OH is 1. The Morgan fingerprint density at radius 1 is 1.56 bits per heavy atom. The van der Waals surface area contributed by atoms with Gasteiger partial charge in [-0.25, -0.2) is 0 Å². The van der Waals surface area contributed by atoms with Crippen molar-refractivity contribution >= 4 is 5.91 Å². The van der Waals surface area contributed by atoms with Crippen molar-refractivity contribution in [2.45, 2.75) is 25.7 Å². The van der Waals surface area contributed by atoms with Gasteiger partial charge in [-0.05, 0) is 19.1 Å². The summed E-state index contributed by atoms with van der Waals surface area (Å²) in [6.07, 6.45) is -3.17. The molecular formula is C11H15F3N2O2. The minimum Gasteiger partial charge on any atom is -0.394 e. The largest absolute Gasteiger partial charge is 0.406 e. The van der Waals surface area contributed by atoms with Gasteiger partial charge in [0.15, 0.2) is 0 Å². The number of rotatable bonds is 4. The van der Waals surface area contributed by atoms with Gasteiger partial charge in [-0.1, -0.05) is 0 Å². The lowest BCUT2D eigenvalue weighted by Gasteiger charge is -2.24. The molecule has 1 N–H and O–H groups in total. The van der Waals surface area contributed by atoms with E-state index in [4.69, 9.17) is 5.11 Å². The molecule has 1 heterocycles. The molecule has 0 saturated carbocycles. The molecule has 18 heavy (non-hydrogen) atoms. The molecule has 1 amide bonds. The highest BCUT2D eigenvalue weighted by Gasteiger charge is 2.30. The van der Waals surface area contributed by atoms with E-state index in [1.54, 1.807) is 6.92 Å². The number of hydrogen-bond acceptors (Lipinski definition) is 2. The minimum atomic E-state index is -4.38. The van der Waals surface area contributed by atoms with Crippen LogP contribution in [0.2, 0.25) is 0 Å². The third-order valence-corrected chi connectivity index (χ3v) is 2.64. The van der Waals surface area contributed by atoms with E-state index >= 15 is 0 Å². The minimum absolute atomic E-state index is 0.0462. The van der Waals surface area contributed by atoms with Crippen LogP contribution >= 0.6 is 0 Å². The monoisotopic (exact) mass is 264 g/mol. The van der Waals surface area contributed by atoms with Crippen LogP contribution in [0.4, 0.5) is 13.2 Å². The Hall–Kier alpha value is -1.50. The van der Waals surface area contributed by atoms with Crippen LogP contribution < -0.4 is 0 Å². The van der Waals surface area contributed by atoms with Gasteiger partial charge < -0.3 is 14.6 Å². The fraction of sp³-hybridized carbons (Fsp3) is 0.545. The Morgan fingerprint density at radius 2 is 2.17 bits per heavy atom. The van der Waals surface area contributed by atoms with Crippen molar-refractivity contribution in [3.05, 3.63) is 24.0 Å². The first-order chi connectivity index (χ1) is 8.26. The van der Waals surface area contributed by atoms with Crippen LogP contribution in [0.15, 0.2) is 18.3 Å². The number of aromatic nitrogens is 1. The Balaban J connectivity index is 2.90. The molecular weight excluding hydrogens is 249 g/mol. The number of nitrogens with zero attached hydrogens (tertiary/aromatic N) is 2. The standard InChI is InChI=1S/C11H15F3N2O2/c1-8(6-17)15(2)10(18)9-4-3-5-16(9)7-11(12,13)14/h3-5,8,17H,6-7H2,1-2H3. The average molecular weight is 264 g/mol. The lowest BCUT2D eigenvalue weighted by Crippen LogP contribution is -2.38. The molecule has 0 fully saturated rings. The van der Waals surface area contributed by atoms with Crippen LogP contribution in [0.1, 0.15) is 17.4 Å². The van der Waals surface area contributed by atoms with Gasteiger partial charge in [0.05, 0.1) is 12.6 Å². The maximum atomic E-state index is 12.3. The van der Waals surface area contributed by atoms with E-state index in [0.717, 1.165) is 4.57 Å². The summed E-state index contributed by atoms with van der Waals surface area (Å²) in [5.74, 6) is -0.550. The van der Waals surface area contributed by atoms with Crippen molar-refractivity contribution in [2.75, 3.05) is 13.7 Å². The van der Waals surface area contributed by atoms with Crippen LogP contribution in [0, 0.1) is 0 Å². The van der Waals surface area contributed by atoms with Crippen LogP contribution in [-0.2, 0) is 6.54 Å². The van der Waals surface area contributed by atoms with Gasteiger partial charge in [0.1, 0.15) is 12.2 Å². The lowest BCUT2D eigenvalue weighted by molar-refractivity contribution is -0.140. The summed E-state index contributed by atoms with van der Waals surface area (Å²) in [4.78, 5) is 13.1. The molecule has 0 aliphatic carbocycles. The van der Waals surface area contributed by atoms with E-state index in [2.05, 4.69) is 0 Å². The van der Waals surface area contributed by atoms with E-state index < -0.39 is 24.7 Å².